The molecule has 8 heteroatoms. The van der Waals surface area contributed by atoms with Crippen molar-refractivity contribution in [3.05, 3.63) is 83.2 Å². The van der Waals surface area contributed by atoms with Crippen LogP contribution in [0.2, 0.25) is 0 Å². The Morgan fingerprint density at radius 3 is 2.45 bits per heavy atom. The van der Waals surface area contributed by atoms with Crippen LogP contribution in [0.25, 0.3) is 0 Å². The van der Waals surface area contributed by atoms with Gasteiger partial charge in [-0.2, -0.15) is 5.10 Å². The minimum absolute atomic E-state index is 0.0781. The average molecular weight is 447 g/mol. The summed E-state index contributed by atoms with van der Waals surface area (Å²) in [6.07, 6.45) is 3.60. The highest BCUT2D eigenvalue weighted by atomic mass is 16.5. The van der Waals surface area contributed by atoms with Crippen molar-refractivity contribution >= 4 is 17.7 Å². The molecule has 3 amide bonds. The number of hydrogen-bond donors (Lipinski definition) is 1. The second-order valence-corrected chi connectivity index (χ2v) is 8.05. The molecule has 4 rings (SSSR count). The van der Waals surface area contributed by atoms with Crippen molar-refractivity contribution in [3.8, 4) is 5.75 Å². The van der Waals surface area contributed by atoms with Gasteiger partial charge >= 0.3 is 0 Å². The number of ether oxygens (including phenoxy) is 1. The number of amides is 3. The van der Waals surface area contributed by atoms with E-state index in [0.717, 1.165) is 0 Å². The number of hydrogen-bond acceptors (Lipinski definition) is 5. The zero-order chi connectivity index (χ0) is 23.4. The van der Waals surface area contributed by atoms with E-state index >= 15 is 0 Å². The number of benzene rings is 2. The highest BCUT2D eigenvalue weighted by Gasteiger charge is 2.35. The van der Waals surface area contributed by atoms with Crippen molar-refractivity contribution in [1.82, 2.24) is 20.0 Å². The van der Waals surface area contributed by atoms with Crippen LogP contribution in [-0.2, 0) is 13.1 Å². The number of aromatic nitrogens is 2. The van der Waals surface area contributed by atoms with E-state index in [1.54, 1.807) is 48.7 Å². The second-order valence-electron chi connectivity index (χ2n) is 8.05. The largest absolute Gasteiger partial charge is 0.493 e. The molecule has 2 aromatic carbocycles. The molecule has 0 saturated carbocycles. The van der Waals surface area contributed by atoms with Gasteiger partial charge in [-0.1, -0.05) is 25.1 Å². The van der Waals surface area contributed by atoms with Crippen molar-refractivity contribution in [3.63, 3.8) is 0 Å². The third-order valence-corrected chi connectivity index (χ3v) is 5.48. The van der Waals surface area contributed by atoms with Crippen LogP contribution in [0.5, 0.6) is 5.75 Å². The van der Waals surface area contributed by atoms with E-state index < -0.39 is 0 Å². The normalized spacial score (nSPS) is 13.7. The predicted octanol–water partition coefficient (Wildman–Crippen LogP) is 3.14. The molecule has 0 radical (unpaired) electrons. The Kier molecular flexibility index (Phi) is 6.53. The van der Waals surface area contributed by atoms with Gasteiger partial charge in [0.25, 0.3) is 17.7 Å². The topological polar surface area (TPSA) is 93.5 Å². The molecule has 170 valence electrons. The number of nitrogens with one attached hydrogen (secondary N) is 1. The van der Waals surface area contributed by atoms with Gasteiger partial charge in [0, 0.05) is 25.5 Å². The number of carbonyl (C=O) groups excluding carboxylic acids is 3. The lowest BCUT2D eigenvalue weighted by molar-refractivity contribution is 0.0642. The molecule has 1 N–H and O–H groups in total. The number of rotatable bonds is 9. The maximum absolute atomic E-state index is 13.0. The molecule has 2 heterocycles. The number of carbonyl (C=O) groups is 3. The van der Waals surface area contributed by atoms with Crippen LogP contribution in [0.4, 0.5) is 0 Å². The summed E-state index contributed by atoms with van der Waals surface area (Å²) in [5.41, 5.74) is 1.84. The molecule has 1 unspecified atom stereocenters. The Bertz CT molecular complexity index is 1140. The Balaban J connectivity index is 1.48. The highest BCUT2D eigenvalue weighted by molar-refractivity contribution is 6.21. The molecule has 1 atom stereocenters. The first-order valence-electron chi connectivity index (χ1n) is 10.9. The number of imide groups is 1. The van der Waals surface area contributed by atoms with Gasteiger partial charge in [-0.3, -0.25) is 24.0 Å². The van der Waals surface area contributed by atoms with Gasteiger partial charge in [0.15, 0.2) is 0 Å². The van der Waals surface area contributed by atoms with Crippen LogP contribution in [0.15, 0.2) is 60.9 Å². The molecule has 0 bridgehead atoms. The quantitative estimate of drug-likeness (QED) is 0.510. The minimum atomic E-state index is -0.331. The lowest BCUT2D eigenvalue weighted by Crippen LogP contribution is -2.31. The van der Waals surface area contributed by atoms with Crippen molar-refractivity contribution in [2.24, 2.45) is 5.92 Å². The van der Waals surface area contributed by atoms with Gasteiger partial charge in [0.2, 0.25) is 0 Å². The smallest absolute Gasteiger partial charge is 0.261 e. The Morgan fingerprint density at radius 1 is 1.09 bits per heavy atom. The molecule has 8 nitrogen and oxygen atoms in total. The first-order valence-corrected chi connectivity index (χ1v) is 10.9. The maximum Gasteiger partial charge on any atom is 0.261 e. The van der Waals surface area contributed by atoms with Crippen molar-refractivity contribution in [1.29, 1.82) is 0 Å². The SMILES string of the molecule is CCOc1ccc(CN2C(=O)c3ccccc3C2=O)cc1C(=O)NCC(C)Cn1cccn1. The highest BCUT2D eigenvalue weighted by Crippen LogP contribution is 2.26. The zero-order valence-corrected chi connectivity index (χ0v) is 18.7. The molecular weight excluding hydrogens is 420 g/mol. The van der Waals surface area contributed by atoms with Crippen molar-refractivity contribution in [2.75, 3.05) is 13.2 Å². The van der Waals surface area contributed by atoms with E-state index in [0.29, 0.717) is 47.7 Å². The van der Waals surface area contributed by atoms with Gasteiger partial charge in [0.1, 0.15) is 5.75 Å². The standard InChI is InChI=1S/C25H26N4O4/c1-3-33-22-10-9-18(16-29-24(31)19-7-4-5-8-20(19)25(29)32)13-21(22)23(30)26-14-17(2)15-28-12-6-11-27-28/h4-13,17H,3,14-16H2,1-2H3,(H,26,30). The Labute approximate surface area is 192 Å². The van der Waals surface area contributed by atoms with E-state index in [4.69, 9.17) is 4.74 Å². The summed E-state index contributed by atoms with van der Waals surface area (Å²) in [5.74, 6) is -0.299. The van der Waals surface area contributed by atoms with E-state index in [-0.39, 0.29) is 30.2 Å². The first kappa shape index (κ1) is 22.3. The summed E-state index contributed by atoms with van der Waals surface area (Å²) in [7, 11) is 0. The molecule has 1 aliphatic heterocycles. The molecule has 0 aliphatic carbocycles. The third-order valence-electron chi connectivity index (χ3n) is 5.48. The summed E-state index contributed by atoms with van der Waals surface area (Å²) in [6, 6.07) is 13.8. The number of fused-ring (bicyclic) bond motifs is 1. The van der Waals surface area contributed by atoms with Gasteiger partial charge in [-0.15, -0.1) is 0 Å². The van der Waals surface area contributed by atoms with Crippen LogP contribution in [0.1, 0.15) is 50.5 Å². The van der Waals surface area contributed by atoms with E-state index in [9.17, 15) is 14.4 Å². The fourth-order valence-electron chi connectivity index (χ4n) is 3.85. The molecule has 1 aromatic heterocycles. The van der Waals surface area contributed by atoms with Crippen LogP contribution < -0.4 is 10.1 Å². The summed E-state index contributed by atoms with van der Waals surface area (Å²) >= 11 is 0. The van der Waals surface area contributed by atoms with Gasteiger partial charge in [-0.25, -0.2) is 0 Å². The predicted molar refractivity (Wildman–Crippen MR) is 122 cm³/mol. The molecule has 0 fully saturated rings. The molecule has 1 aliphatic rings. The summed E-state index contributed by atoms with van der Waals surface area (Å²) in [6.45, 7) is 5.52. The van der Waals surface area contributed by atoms with Crippen LogP contribution in [0.3, 0.4) is 0 Å². The first-order chi connectivity index (χ1) is 16.0. The Morgan fingerprint density at radius 2 is 1.82 bits per heavy atom. The van der Waals surface area contributed by atoms with Crippen LogP contribution >= 0.6 is 0 Å². The average Bonchev–Trinajstić information content (AvgIpc) is 3.41. The van der Waals surface area contributed by atoms with E-state index in [2.05, 4.69) is 10.4 Å². The molecule has 33 heavy (non-hydrogen) atoms. The lowest BCUT2D eigenvalue weighted by Gasteiger charge is -2.17. The summed E-state index contributed by atoms with van der Waals surface area (Å²) in [5, 5.41) is 7.15. The minimum Gasteiger partial charge on any atom is -0.493 e. The fraction of sp³-hybridized carbons (Fsp3) is 0.280. The molecule has 3 aromatic rings. The number of nitrogens with zero attached hydrogens (tertiary/aromatic N) is 3. The van der Waals surface area contributed by atoms with Crippen molar-refractivity contribution < 1.29 is 19.1 Å². The summed E-state index contributed by atoms with van der Waals surface area (Å²) in [4.78, 5) is 39.6. The molecule has 0 saturated heterocycles. The maximum atomic E-state index is 13.0. The van der Waals surface area contributed by atoms with E-state index in [1.165, 1.54) is 4.90 Å². The van der Waals surface area contributed by atoms with Gasteiger partial charge < -0.3 is 10.1 Å². The van der Waals surface area contributed by atoms with Gasteiger partial charge in [-0.05, 0) is 48.7 Å². The zero-order valence-electron chi connectivity index (χ0n) is 18.7. The molecule has 0 spiro atoms. The third kappa shape index (κ3) is 4.79. The monoisotopic (exact) mass is 446 g/mol. The van der Waals surface area contributed by atoms with Crippen molar-refractivity contribution in [2.45, 2.75) is 26.9 Å². The lowest BCUT2D eigenvalue weighted by atomic mass is 10.1. The Hall–Kier alpha value is -3.94. The second kappa shape index (κ2) is 9.68. The van der Waals surface area contributed by atoms with Crippen LogP contribution in [-0.4, -0.2) is 45.6 Å². The van der Waals surface area contributed by atoms with Gasteiger partial charge in [0.05, 0.1) is 29.8 Å². The van der Waals surface area contributed by atoms with E-state index in [1.807, 2.05) is 30.8 Å². The van der Waals surface area contributed by atoms with Crippen LogP contribution in [0, 0.1) is 5.92 Å². The summed E-state index contributed by atoms with van der Waals surface area (Å²) < 4.78 is 7.47. The fourth-order valence-corrected chi connectivity index (χ4v) is 3.85. The molecular formula is C25H26N4O4.